The topological polar surface area (TPSA) is 0 Å². The number of hydrogen-bond donors (Lipinski definition) is 0. The SMILES string of the molecule is CC/C=C\C[C@H]1CC=CCC1.CCC[C@@H](C)CC. The van der Waals surface area contributed by atoms with Gasteiger partial charge in [0.25, 0.3) is 0 Å². The van der Waals surface area contributed by atoms with E-state index in [0.717, 1.165) is 11.8 Å². The molecule has 0 aromatic rings. The van der Waals surface area contributed by atoms with Crippen molar-refractivity contribution in [3.63, 3.8) is 0 Å². The van der Waals surface area contributed by atoms with Gasteiger partial charge in [0.05, 0.1) is 0 Å². The first kappa shape index (κ1) is 17.5. The molecule has 0 unspecified atom stereocenters. The van der Waals surface area contributed by atoms with Crippen LogP contribution in [0.3, 0.4) is 0 Å². The summed E-state index contributed by atoms with van der Waals surface area (Å²) in [6.07, 6.45) is 19.8. The van der Waals surface area contributed by atoms with E-state index in [0.29, 0.717) is 0 Å². The average molecular weight is 250 g/mol. The van der Waals surface area contributed by atoms with Crippen molar-refractivity contribution in [1.82, 2.24) is 0 Å². The molecule has 0 saturated carbocycles. The van der Waals surface area contributed by atoms with Gasteiger partial charge in [0.1, 0.15) is 0 Å². The van der Waals surface area contributed by atoms with Gasteiger partial charge in [-0.25, -0.2) is 0 Å². The Morgan fingerprint density at radius 3 is 2.39 bits per heavy atom. The summed E-state index contributed by atoms with van der Waals surface area (Å²) in [5.41, 5.74) is 0. The minimum atomic E-state index is 0.933. The second kappa shape index (κ2) is 12.9. The summed E-state index contributed by atoms with van der Waals surface area (Å²) in [7, 11) is 0. The maximum absolute atomic E-state index is 2.34. The van der Waals surface area contributed by atoms with Crippen molar-refractivity contribution < 1.29 is 0 Å². The molecular weight excluding hydrogens is 216 g/mol. The number of allylic oxidation sites excluding steroid dienone is 4. The zero-order valence-corrected chi connectivity index (χ0v) is 13.1. The number of rotatable bonds is 6. The van der Waals surface area contributed by atoms with Gasteiger partial charge in [-0.3, -0.25) is 0 Å². The highest BCUT2D eigenvalue weighted by Gasteiger charge is 2.06. The zero-order chi connectivity index (χ0) is 13.6. The summed E-state index contributed by atoms with van der Waals surface area (Å²) < 4.78 is 0. The van der Waals surface area contributed by atoms with Crippen molar-refractivity contribution in [1.29, 1.82) is 0 Å². The lowest BCUT2D eigenvalue weighted by Gasteiger charge is -2.14. The molecule has 1 aliphatic carbocycles. The van der Waals surface area contributed by atoms with Crippen LogP contribution in [0.1, 0.15) is 79.1 Å². The van der Waals surface area contributed by atoms with Crippen LogP contribution in [0.15, 0.2) is 24.3 Å². The van der Waals surface area contributed by atoms with Crippen molar-refractivity contribution >= 4 is 0 Å². The van der Waals surface area contributed by atoms with Crippen LogP contribution < -0.4 is 0 Å². The predicted molar refractivity (Wildman–Crippen MR) is 84.9 cm³/mol. The van der Waals surface area contributed by atoms with E-state index in [9.17, 15) is 0 Å². The quantitative estimate of drug-likeness (QED) is 0.470. The van der Waals surface area contributed by atoms with E-state index >= 15 is 0 Å². The van der Waals surface area contributed by atoms with Crippen LogP contribution in [0.4, 0.5) is 0 Å². The van der Waals surface area contributed by atoms with Crippen molar-refractivity contribution in [3.05, 3.63) is 24.3 Å². The summed E-state index contributed by atoms with van der Waals surface area (Å²) in [4.78, 5) is 0. The van der Waals surface area contributed by atoms with Crippen LogP contribution in [-0.2, 0) is 0 Å². The van der Waals surface area contributed by atoms with Gasteiger partial charge in [-0.2, -0.15) is 0 Å². The molecule has 0 heteroatoms. The highest BCUT2D eigenvalue weighted by Crippen LogP contribution is 2.21. The Labute approximate surface area is 116 Å². The Balaban J connectivity index is 0.000000360. The Kier molecular flexibility index (Phi) is 12.6. The Hall–Kier alpha value is -0.520. The van der Waals surface area contributed by atoms with Gasteiger partial charge in [0.15, 0.2) is 0 Å². The monoisotopic (exact) mass is 250 g/mol. The van der Waals surface area contributed by atoms with Crippen LogP contribution in [0.5, 0.6) is 0 Å². The zero-order valence-electron chi connectivity index (χ0n) is 13.1. The minimum Gasteiger partial charge on any atom is -0.0888 e. The first-order valence-electron chi connectivity index (χ1n) is 8.04. The van der Waals surface area contributed by atoms with E-state index in [1.165, 1.54) is 51.4 Å². The summed E-state index contributed by atoms with van der Waals surface area (Å²) >= 11 is 0. The molecule has 0 bridgehead atoms. The standard InChI is InChI=1S/C11H18.C7H16/c1-2-3-5-8-11-9-6-4-7-10-11;1-4-6-7(3)5-2/h3-6,11H,2,7-10H2,1H3;7H,4-6H2,1-3H3/b5-3-;/t11-;7-/m00/s1. The summed E-state index contributed by atoms with van der Waals surface area (Å²) in [5.74, 6) is 1.88. The maximum Gasteiger partial charge on any atom is -0.0319 e. The highest BCUT2D eigenvalue weighted by atomic mass is 14.1. The Morgan fingerprint density at radius 1 is 1.17 bits per heavy atom. The molecule has 0 aromatic carbocycles. The molecular formula is C18H34. The average Bonchev–Trinajstić information content (AvgIpc) is 2.41. The van der Waals surface area contributed by atoms with Crippen LogP contribution in [0.25, 0.3) is 0 Å². The molecule has 2 atom stereocenters. The first-order chi connectivity index (χ1) is 8.74. The van der Waals surface area contributed by atoms with Gasteiger partial charge in [-0.05, 0) is 43.9 Å². The number of hydrogen-bond acceptors (Lipinski definition) is 0. The molecule has 18 heavy (non-hydrogen) atoms. The third-order valence-corrected chi connectivity index (χ3v) is 3.73. The third kappa shape index (κ3) is 10.6. The van der Waals surface area contributed by atoms with E-state index in [1.807, 2.05) is 0 Å². The van der Waals surface area contributed by atoms with Crippen molar-refractivity contribution in [2.45, 2.75) is 79.1 Å². The van der Waals surface area contributed by atoms with Crippen molar-refractivity contribution in [2.75, 3.05) is 0 Å². The summed E-state index contributed by atoms with van der Waals surface area (Å²) in [5, 5.41) is 0. The first-order valence-corrected chi connectivity index (χ1v) is 8.04. The van der Waals surface area contributed by atoms with Gasteiger partial charge in [0, 0.05) is 0 Å². The second-order valence-electron chi connectivity index (χ2n) is 5.57. The van der Waals surface area contributed by atoms with E-state index in [1.54, 1.807) is 0 Å². The lowest BCUT2D eigenvalue weighted by atomic mass is 9.91. The molecule has 0 aromatic heterocycles. The molecule has 0 saturated heterocycles. The summed E-state index contributed by atoms with van der Waals surface area (Å²) in [6, 6.07) is 0. The molecule has 106 valence electrons. The van der Waals surface area contributed by atoms with Gasteiger partial charge in [-0.15, -0.1) is 0 Å². The Morgan fingerprint density at radius 2 is 1.94 bits per heavy atom. The van der Waals surface area contributed by atoms with E-state index < -0.39 is 0 Å². The van der Waals surface area contributed by atoms with Gasteiger partial charge >= 0.3 is 0 Å². The van der Waals surface area contributed by atoms with E-state index in [4.69, 9.17) is 0 Å². The van der Waals surface area contributed by atoms with Gasteiger partial charge in [-0.1, -0.05) is 71.3 Å². The fraction of sp³-hybridized carbons (Fsp3) is 0.778. The van der Waals surface area contributed by atoms with Crippen LogP contribution in [-0.4, -0.2) is 0 Å². The minimum absolute atomic E-state index is 0.933. The molecule has 0 amide bonds. The maximum atomic E-state index is 2.34. The molecule has 0 fully saturated rings. The fourth-order valence-corrected chi connectivity index (χ4v) is 2.22. The molecule has 0 heterocycles. The molecule has 0 nitrogen and oxygen atoms in total. The second-order valence-corrected chi connectivity index (χ2v) is 5.57. The van der Waals surface area contributed by atoms with Crippen molar-refractivity contribution in [3.8, 4) is 0 Å². The molecule has 0 spiro atoms. The summed E-state index contributed by atoms with van der Waals surface area (Å²) in [6.45, 7) is 8.99. The molecule has 0 radical (unpaired) electrons. The van der Waals surface area contributed by atoms with Gasteiger partial charge < -0.3 is 0 Å². The van der Waals surface area contributed by atoms with E-state index in [2.05, 4.69) is 52.0 Å². The third-order valence-electron chi connectivity index (χ3n) is 3.73. The normalized spacial score (nSPS) is 20.6. The smallest absolute Gasteiger partial charge is 0.0319 e. The van der Waals surface area contributed by atoms with E-state index in [-0.39, 0.29) is 0 Å². The van der Waals surface area contributed by atoms with Gasteiger partial charge in [0.2, 0.25) is 0 Å². The molecule has 0 N–H and O–H groups in total. The van der Waals surface area contributed by atoms with Crippen LogP contribution >= 0.6 is 0 Å². The molecule has 1 aliphatic rings. The van der Waals surface area contributed by atoms with Crippen LogP contribution in [0, 0.1) is 11.8 Å². The molecule has 0 aliphatic heterocycles. The molecule has 1 rings (SSSR count). The lowest BCUT2D eigenvalue weighted by Crippen LogP contribution is -2.00. The largest absolute Gasteiger partial charge is 0.0888 e. The lowest BCUT2D eigenvalue weighted by molar-refractivity contribution is 0.485. The Bertz CT molecular complexity index is 212. The van der Waals surface area contributed by atoms with Crippen LogP contribution in [0.2, 0.25) is 0 Å². The predicted octanol–water partition coefficient (Wildman–Crippen LogP) is 6.53. The van der Waals surface area contributed by atoms with Crippen molar-refractivity contribution in [2.24, 2.45) is 11.8 Å². The fourth-order valence-electron chi connectivity index (χ4n) is 2.22. The highest BCUT2D eigenvalue weighted by molar-refractivity contribution is 4.93.